The van der Waals surface area contributed by atoms with Gasteiger partial charge in [0.05, 0.1) is 49.8 Å². The van der Waals surface area contributed by atoms with Crippen LogP contribution in [0.2, 0.25) is 0 Å². The third-order valence-corrected chi connectivity index (χ3v) is 17.5. The Bertz CT molecular complexity index is 3040. The molecule has 13 atom stereocenters. The van der Waals surface area contributed by atoms with Crippen molar-refractivity contribution in [2.75, 3.05) is 75.4 Å². The standard InChI is InChI=1S/C61H82N10O20S/c1-34-32-71-53(54(34)78)59(83)63-30-40(73)28-44(64-55(79)37-11-13-38(14-12-37)68-20-22-69(23-21-68)39-15-17-43(18-16-39)88-25-7-24-87-42-8-5-4-6-9-42)56(80)65-50(35(2)72)60(84)70-33-41(74)29-45(70)57(81)66-51(58(82)67-52(61(71)85)48(77)31-62-3)47(76)26-36-10-19-46(75)49(27-36)89-92-91-90-86/h10-19,27,34-35,40-42,44-45,47-48,50-54,72-78,86H,4-9,20-26,28-33H2,1-2H3,(H,63,83)(H,64,79)(H,65,80)(H,66,81)(H,67,82)/t34?,35?,40-,41?,44-,45?,47+,48+,50?,51?,52-,53?,54-/m0/s1. The molecule has 4 saturated heterocycles. The normalized spacial score (nSPS) is 26.8. The molecule has 5 aliphatic rings. The van der Waals surface area contributed by atoms with Gasteiger partial charge in [-0.05, 0) is 86.0 Å². The number of β-amino-alcohol motifs (C(OH)–C–C–N with tert-alkyl or cyclic N) is 1. The fourth-order valence-electron chi connectivity index (χ4n) is 12.1. The SMILES string of the molecule is [C-]#[N+]C[C@@H](O)[C@@H]1NC(=O)C([C@H](O)Cc2ccc(O)c(OSOOO)c2)NC(=O)C2CC(O)CN2C(=O)C(C(C)O)NC(=O)[C@@H](NC(=O)c2ccc(N3CCN(c4ccc(OCCCOC5CCCCC5)cc4)CC3)cc2)C[C@H](O)CNC(=O)C2[C@@H](O)C(C)CN2C1=O. The van der Waals surface area contributed by atoms with Crippen LogP contribution in [0.1, 0.15) is 81.1 Å². The van der Waals surface area contributed by atoms with Crippen LogP contribution in [0.3, 0.4) is 0 Å². The van der Waals surface area contributed by atoms with Crippen molar-refractivity contribution >= 4 is 65.0 Å². The minimum Gasteiger partial charge on any atom is -0.504 e. The van der Waals surface area contributed by atoms with Crippen molar-refractivity contribution in [2.24, 2.45) is 5.92 Å². The molecule has 4 aliphatic heterocycles. The van der Waals surface area contributed by atoms with Crippen LogP contribution in [0.5, 0.6) is 17.2 Å². The molecular weight excluding hydrogens is 1220 g/mol. The molecule has 7 unspecified atom stereocenters. The molecule has 8 rings (SSSR count). The number of hydrogen-bond donors (Lipinski definition) is 13. The van der Waals surface area contributed by atoms with Crippen LogP contribution < -0.4 is 45.3 Å². The minimum absolute atomic E-state index is 0.0730. The number of phenols is 1. The van der Waals surface area contributed by atoms with E-state index in [1.807, 2.05) is 24.3 Å². The Morgan fingerprint density at radius 3 is 2.04 bits per heavy atom. The summed E-state index contributed by atoms with van der Waals surface area (Å²) in [5.41, 5.74) is 2.04. The Morgan fingerprint density at radius 2 is 1.39 bits per heavy atom. The first-order valence-corrected chi connectivity index (χ1v) is 31.4. The van der Waals surface area contributed by atoms with E-state index in [2.05, 4.69) is 50.6 Å². The van der Waals surface area contributed by atoms with E-state index in [1.165, 1.54) is 50.5 Å². The summed E-state index contributed by atoms with van der Waals surface area (Å²) < 4.78 is 21.3. The number of aliphatic hydroxyl groups is 6. The van der Waals surface area contributed by atoms with Crippen LogP contribution in [0, 0.1) is 12.5 Å². The van der Waals surface area contributed by atoms with Gasteiger partial charge in [-0.1, -0.05) is 41.6 Å². The van der Waals surface area contributed by atoms with Gasteiger partial charge in [-0.15, -0.1) is 0 Å². The first-order chi connectivity index (χ1) is 44.1. The number of phenolic OH excluding ortho intramolecular Hbond substituents is 1. The monoisotopic (exact) mass is 1310 g/mol. The lowest BCUT2D eigenvalue weighted by atomic mass is 9.98. The molecule has 0 bridgehead atoms. The second-order valence-electron chi connectivity index (χ2n) is 23.8. The van der Waals surface area contributed by atoms with Crippen LogP contribution in [-0.4, -0.2) is 237 Å². The van der Waals surface area contributed by atoms with Gasteiger partial charge in [-0.25, -0.2) is 11.8 Å². The highest BCUT2D eigenvalue weighted by Gasteiger charge is 2.50. The van der Waals surface area contributed by atoms with E-state index in [0.29, 0.717) is 45.5 Å². The predicted molar refractivity (Wildman–Crippen MR) is 328 cm³/mol. The first kappa shape index (κ1) is 70.3. The van der Waals surface area contributed by atoms with Crippen LogP contribution in [0.4, 0.5) is 11.4 Å². The van der Waals surface area contributed by atoms with Crippen molar-refractivity contribution in [3.8, 4) is 17.2 Å². The summed E-state index contributed by atoms with van der Waals surface area (Å²) in [6.07, 6.45) is -5.03. The number of hydrogen-bond acceptors (Lipinski definition) is 23. The molecule has 0 aromatic heterocycles. The maximum absolute atomic E-state index is 14.6. The third kappa shape index (κ3) is 18.4. The van der Waals surface area contributed by atoms with Gasteiger partial charge in [0.1, 0.15) is 42.0 Å². The number of rotatable bonds is 20. The summed E-state index contributed by atoms with van der Waals surface area (Å²) >= 11 is 0.0730. The molecule has 1 aliphatic carbocycles. The van der Waals surface area contributed by atoms with Crippen LogP contribution in [0.25, 0.3) is 4.85 Å². The topological polar surface area (TPSA) is 405 Å². The van der Waals surface area contributed by atoms with E-state index in [4.69, 9.17) is 25.5 Å². The van der Waals surface area contributed by atoms with E-state index < -0.39 is 165 Å². The minimum atomic E-state index is -2.14. The fourth-order valence-corrected chi connectivity index (χ4v) is 12.3. The Kier molecular flexibility index (Phi) is 25.4. The van der Waals surface area contributed by atoms with Gasteiger partial charge in [0.2, 0.25) is 42.0 Å². The molecule has 7 amide bonds. The zero-order valence-electron chi connectivity index (χ0n) is 51.0. The van der Waals surface area contributed by atoms with Gasteiger partial charge in [0.15, 0.2) is 17.6 Å². The summed E-state index contributed by atoms with van der Waals surface area (Å²) in [6.45, 7) is 11.6. The number of ether oxygens (including phenoxy) is 2. The van der Waals surface area contributed by atoms with Crippen molar-refractivity contribution in [3.05, 3.63) is 89.3 Å². The average molecular weight is 1310 g/mol. The Labute approximate surface area is 535 Å². The highest BCUT2D eigenvalue weighted by molar-refractivity contribution is 7.90. The molecule has 30 nitrogen and oxygen atoms in total. The number of amides is 7. The summed E-state index contributed by atoms with van der Waals surface area (Å²) in [5.74, 6) is -8.71. The summed E-state index contributed by atoms with van der Waals surface area (Å²) in [6, 6.07) is 6.75. The molecule has 3 aromatic rings. The Hall–Kier alpha value is -7.61. The number of carbonyl (C=O) groups is 7. The fraction of sp³-hybridized carbons (Fsp3) is 0.574. The van der Waals surface area contributed by atoms with E-state index in [1.54, 1.807) is 12.1 Å². The van der Waals surface area contributed by atoms with Gasteiger partial charge in [-0.3, -0.25) is 33.6 Å². The molecule has 5 fully saturated rings. The van der Waals surface area contributed by atoms with E-state index >= 15 is 0 Å². The molecule has 0 radical (unpaired) electrons. The number of nitrogens with zero attached hydrogens (tertiary/aromatic N) is 5. The Balaban J connectivity index is 0.998. The molecular formula is C61H82N10O20S. The molecule has 502 valence electrons. The molecule has 4 heterocycles. The number of benzene rings is 3. The first-order valence-electron chi connectivity index (χ1n) is 30.7. The largest absolute Gasteiger partial charge is 0.504 e. The predicted octanol–water partition coefficient (Wildman–Crippen LogP) is -0.932. The lowest BCUT2D eigenvalue weighted by molar-refractivity contribution is -0.433. The molecule has 31 heteroatoms. The van der Waals surface area contributed by atoms with Crippen LogP contribution in [0.15, 0.2) is 66.7 Å². The highest BCUT2D eigenvalue weighted by Crippen LogP contribution is 2.32. The maximum atomic E-state index is 14.6. The maximum Gasteiger partial charge on any atom is 0.261 e. The Morgan fingerprint density at radius 1 is 0.750 bits per heavy atom. The lowest BCUT2D eigenvalue weighted by Crippen LogP contribution is -2.64. The summed E-state index contributed by atoms with van der Waals surface area (Å²) in [5, 5.41) is 103. The molecule has 1 saturated carbocycles. The van der Waals surface area contributed by atoms with Crippen molar-refractivity contribution in [3.63, 3.8) is 0 Å². The van der Waals surface area contributed by atoms with E-state index in [0.717, 1.165) is 59.2 Å². The number of aromatic hydroxyl groups is 1. The van der Waals surface area contributed by atoms with Crippen molar-refractivity contribution < 1.29 is 97.6 Å². The number of piperazine rings is 1. The molecule has 3 aromatic carbocycles. The molecule has 92 heavy (non-hydrogen) atoms. The van der Waals surface area contributed by atoms with Crippen molar-refractivity contribution in [1.82, 2.24) is 36.4 Å². The summed E-state index contributed by atoms with van der Waals surface area (Å²) in [4.78, 5) is 110. The molecule has 0 spiro atoms. The highest BCUT2D eigenvalue weighted by atomic mass is 32.2. The average Bonchev–Trinajstić information content (AvgIpc) is 1.64. The molecule has 13 N–H and O–H groups in total. The van der Waals surface area contributed by atoms with Gasteiger partial charge in [0, 0.05) is 94.4 Å². The van der Waals surface area contributed by atoms with E-state index in [9.17, 15) is 69.3 Å². The van der Waals surface area contributed by atoms with Crippen LogP contribution in [-0.2, 0) is 49.3 Å². The zero-order chi connectivity index (χ0) is 66.2. The zero-order valence-corrected chi connectivity index (χ0v) is 51.8. The second kappa shape index (κ2) is 33.3. The quantitative estimate of drug-likeness (QED) is 0.0214. The second-order valence-corrected chi connectivity index (χ2v) is 24.2. The number of anilines is 2. The van der Waals surface area contributed by atoms with Gasteiger partial charge in [-0.2, -0.15) is 0 Å². The van der Waals surface area contributed by atoms with Crippen molar-refractivity contribution in [1.29, 1.82) is 0 Å². The van der Waals surface area contributed by atoms with Crippen molar-refractivity contribution in [2.45, 2.75) is 151 Å². The van der Waals surface area contributed by atoms with Gasteiger partial charge >= 0.3 is 0 Å². The van der Waals surface area contributed by atoms with Crippen LogP contribution >= 0.6 is 12.3 Å². The van der Waals surface area contributed by atoms with Gasteiger partial charge < -0.3 is 100 Å². The number of fused-ring (bicyclic) bond motifs is 2. The number of nitrogens with one attached hydrogen (secondary N) is 5. The third-order valence-electron chi connectivity index (χ3n) is 17.1. The lowest BCUT2D eigenvalue weighted by Gasteiger charge is -2.37. The van der Waals surface area contributed by atoms with Gasteiger partial charge in [0.25, 0.3) is 18.2 Å². The summed E-state index contributed by atoms with van der Waals surface area (Å²) in [7, 11) is 0. The smallest absolute Gasteiger partial charge is 0.261 e. The number of aliphatic hydroxyl groups excluding tert-OH is 6. The number of carbonyl (C=O) groups excluding carboxylic acids is 7. The van der Waals surface area contributed by atoms with E-state index in [-0.39, 0.29) is 35.7 Å².